The van der Waals surface area contributed by atoms with E-state index in [0.717, 1.165) is 43.2 Å². The minimum atomic E-state index is 0.0743. The molecule has 0 aromatic carbocycles. The maximum absolute atomic E-state index is 12.1. The Kier molecular flexibility index (Phi) is 5.77. The molecule has 0 spiro atoms. The van der Waals surface area contributed by atoms with E-state index < -0.39 is 0 Å². The lowest BCUT2D eigenvalue weighted by molar-refractivity contribution is -0.126. The van der Waals surface area contributed by atoms with Gasteiger partial charge < -0.3 is 11.1 Å². The SMILES string of the molecule is NCCNC(=O)C1CCCN(Cc2csc(-c3ccsc3)n2)C1. The standard InChI is InChI=1S/C16H22N4OS2/c17-4-5-18-15(21)12-2-1-6-20(8-12)9-14-11-23-16(19-14)13-3-7-22-10-13/h3,7,10-12H,1-2,4-6,8-9,17H2,(H,18,21). The van der Waals surface area contributed by atoms with E-state index in [2.05, 4.69) is 32.4 Å². The lowest BCUT2D eigenvalue weighted by atomic mass is 9.97. The van der Waals surface area contributed by atoms with Crippen LogP contribution in [0.15, 0.2) is 22.2 Å². The summed E-state index contributed by atoms with van der Waals surface area (Å²) >= 11 is 3.38. The van der Waals surface area contributed by atoms with Crippen molar-refractivity contribution in [3.63, 3.8) is 0 Å². The monoisotopic (exact) mass is 350 g/mol. The van der Waals surface area contributed by atoms with Crippen LogP contribution in [0.2, 0.25) is 0 Å². The Bertz CT molecular complexity index is 626. The Labute approximate surface area is 144 Å². The maximum Gasteiger partial charge on any atom is 0.224 e. The number of nitrogens with one attached hydrogen (secondary N) is 1. The summed E-state index contributed by atoms with van der Waals surface area (Å²) in [5.41, 5.74) is 7.74. The molecule has 0 radical (unpaired) electrons. The lowest BCUT2D eigenvalue weighted by Crippen LogP contribution is -2.43. The van der Waals surface area contributed by atoms with E-state index in [4.69, 9.17) is 10.7 Å². The second-order valence-electron chi connectivity index (χ2n) is 5.81. The molecule has 1 aliphatic rings. The van der Waals surface area contributed by atoms with Gasteiger partial charge in [-0.25, -0.2) is 4.98 Å². The van der Waals surface area contributed by atoms with Crippen LogP contribution in [0.25, 0.3) is 10.6 Å². The van der Waals surface area contributed by atoms with E-state index in [9.17, 15) is 4.79 Å². The lowest BCUT2D eigenvalue weighted by Gasteiger charge is -2.31. The van der Waals surface area contributed by atoms with Gasteiger partial charge in [0.25, 0.3) is 0 Å². The Hall–Kier alpha value is -1.28. The minimum absolute atomic E-state index is 0.0743. The molecule has 3 heterocycles. The zero-order valence-electron chi connectivity index (χ0n) is 13.0. The van der Waals surface area contributed by atoms with Gasteiger partial charge in [0.15, 0.2) is 0 Å². The third-order valence-electron chi connectivity index (χ3n) is 4.03. The van der Waals surface area contributed by atoms with Crippen molar-refractivity contribution >= 4 is 28.6 Å². The predicted octanol–water partition coefficient (Wildman–Crippen LogP) is 2.16. The predicted molar refractivity (Wildman–Crippen MR) is 95.5 cm³/mol. The molecule has 1 saturated heterocycles. The van der Waals surface area contributed by atoms with E-state index in [1.807, 2.05) is 0 Å². The fraction of sp³-hybridized carbons (Fsp3) is 0.500. The first-order chi connectivity index (χ1) is 11.3. The molecular weight excluding hydrogens is 328 g/mol. The number of aromatic nitrogens is 1. The number of nitrogens with two attached hydrogens (primary N) is 1. The Morgan fingerprint density at radius 2 is 2.39 bits per heavy atom. The average Bonchev–Trinajstić information content (AvgIpc) is 3.24. The molecule has 1 unspecified atom stereocenters. The van der Waals surface area contributed by atoms with Crippen LogP contribution in [0.3, 0.4) is 0 Å². The Balaban J connectivity index is 1.56. The largest absolute Gasteiger partial charge is 0.355 e. The third kappa shape index (κ3) is 4.38. The second kappa shape index (κ2) is 8.01. The highest BCUT2D eigenvalue weighted by Crippen LogP contribution is 2.27. The minimum Gasteiger partial charge on any atom is -0.355 e. The van der Waals surface area contributed by atoms with Gasteiger partial charge in [-0.05, 0) is 30.8 Å². The number of carbonyl (C=O) groups excluding carboxylic acids is 1. The summed E-state index contributed by atoms with van der Waals surface area (Å²) in [5.74, 6) is 0.211. The average molecular weight is 351 g/mol. The van der Waals surface area contributed by atoms with Crippen molar-refractivity contribution in [3.05, 3.63) is 27.9 Å². The van der Waals surface area contributed by atoms with Crippen LogP contribution < -0.4 is 11.1 Å². The number of likely N-dealkylation sites (tertiary alicyclic amines) is 1. The van der Waals surface area contributed by atoms with Crippen molar-refractivity contribution in [3.8, 4) is 10.6 Å². The first-order valence-corrected chi connectivity index (χ1v) is 9.75. The van der Waals surface area contributed by atoms with E-state index in [1.54, 1.807) is 22.7 Å². The molecule has 3 N–H and O–H groups in total. The van der Waals surface area contributed by atoms with Crippen molar-refractivity contribution in [2.75, 3.05) is 26.2 Å². The number of carbonyl (C=O) groups is 1. The van der Waals surface area contributed by atoms with E-state index >= 15 is 0 Å². The molecule has 1 aliphatic heterocycles. The van der Waals surface area contributed by atoms with Crippen LogP contribution in [0.1, 0.15) is 18.5 Å². The molecular formula is C16H22N4OS2. The molecule has 1 fully saturated rings. The summed E-state index contributed by atoms with van der Waals surface area (Å²) in [7, 11) is 0. The van der Waals surface area contributed by atoms with E-state index in [1.165, 1.54) is 5.56 Å². The molecule has 7 heteroatoms. The van der Waals surface area contributed by atoms with E-state index in [-0.39, 0.29) is 11.8 Å². The molecule has 0 aliphatic carbocycles. The summed E-state index contributed by atoms with van der Waals surface area (Å²) in [6, 6.07) is 2.10. The van der Waals surface area contributed by atoms with Gasteiger partial charge >= 0.3 is 0 Å². The van der Waals surface area contributed by atoms with Gasteiger partial charge in [-0.2, -0.15) is 11.3 Å². The van der Waals surface area contributed by atoms with Crippen molar-refractivity contribution in [1.82, 2.24) is 15.2 Å². The van der Waals surface area contributed by atoms with Gasteiger partial charge in [-0.15, -0.1) is 11.3 Å². The number of thiophene rings is 1. The van der Waals surface area contributed by atoms with Crippen LogP contribution in [0.4, 0.5) is 0 Å². The third-order valence-corrected chi connectivity index (χ3v) is 5.65. The number of thiazole rings is 1. The van der Waals surface area contributed by atoms with Crippen molar-refractivity contribution < 1.29 is 4.79 Å². The molecule has 3 rings (SSSR count). The van der Waals surface area contributed by atoms with Crippen LogP contribution in [-0.2, 0) is 11.3 Å². The number of nitrogens with zero attached hydrogens (tertiary/aromatic N) is 2. The zero-order chi connectivity index (χ0) is 16.1. The van der Waals surface area contributed by atoms with Gasteiger partial charge in [-0.1, -0.05) is 0 Å². The van der Waals surface area contributed by atoms with Crippen LogP contribution in [0, 0.1) is 5.92 Å². The van der Waals surface area contributed by atoms with Gasteiger partial charge in [0.2, 0.25) is 5.91 Å². The highest BCUT2D eigenvalue weighted by Gasteiger charge is 2.25. The van der Waals surface area contributed by atoms with E-state index in [0.29, 0.717) is 13.1 Å². The van der Waals surface area contributed by atoms with Crippen LogP contribution in [0.5, 0.6) is 0 Å². The van der Waals surface area contributed by atoms with Crippen molar-refractivity contribution in [2.24, 2.45) is 11.7 Å². The van der Waals surface area contributed by atoms with Gasteiger partial charge in [0.05, 0.1) is 11.6 Å². The summed E-state index contributed by atoms with van der Waals surface area (Å²) in [4.78, 5) is 19.2. The number of hydrogen-bond acceptors (Lipinski definition) is 6. The molecule has 2 aromatic rings. The van der Waals surface area contributed by atoms with Gasteiger partial charge in [-0.3, -0.25) is 9.69 Å². The van der Waals surface area contributed by atoms with Crippen molar-refractivity contribution in [2.45, 2.75) is 19.4 Å². The molecule has 23 heavy (non-hydrogen) atoms. The normalized spacial score (nSPS) is 18.9. The van der Waals surface area contributed by atoms with Gasteiger partial charge in [0.1, 0.15) is 5.01 Å². The molecule has 1 amide bonds. The smallest absolute Gasteiger partial charge is 0.224 e. The molecule has 1 atom stereocenters. The first kappa shape index (κ1) is 16.6. The topological polar surface area (TPSA) is 71.2 Å². The maximum atomic E-state index is 12.1. The highest BCUT2D eigenvalue weighted by atomic mass is 32.1. The van der Waals surface area contributed by atoms with Gasteiger partial charge in [0, 0.05) is 42.5 Å². The number of amides is 1. The van der Waals surface area contributed by atoms with Crippen LogP contribution in [-0.4, -0.2) is 42.0 Å². The summed E-state index contributed by atoms with van der Waals surface area (Å²) in [5, 5.41) is 10.3. The fourth-order valence-corrected chi connectivity index (χ4v) is 4.40. The Morgan fingerprint density at radius 3 is 3.17 bits per heavy atom. The fourth-order valence-electron chi connectivity index (χ4n) is 2.88. The molecule has 0 bridgehead atoms. The number of rotatable bonds is 6. The molecule has 2 aromatic heterocycles. The molecule has 5 nitrogen and oxygen atoms in total. The van der Waals surface area contributed by atoms with Crippen molar-refractivity contribution in [1.29, 1.82) is 0 Å². The van der Waals surface area contributed by atoms with Crippen LogP contribution >= 0.6 is 22.7 Å². The molecule has 124 valence electrons. The Morgan fingerprint density at radius 1 is 1.48 bits per heavy atom. The number of piperidine rings is 1. The summed E-state index contributed by atoms with van der Waals surface area (Å²) < 4.78 is 0. The molecule has 0 saturated carbocycles. The summed E-state index contributed by atoms with van der Waals surface area (Å²) in [6.45, 7) is 3.72. The zero-order valence-corrected chi connectivity index (χ0v) is 14.7. The second-order valence-corrected chi connectivity index (χ2v) is 7.45. The first-order valence-electron chi connectivity index (χ1n) is 7.93. The quantitative estimate of drug-likeness (QED) is 0.837. The summed E-state index contributed by atoms with van der Waals surface area (Å²) in [6.07, 6.45) is 2.02. The highest BCUT2D eigenvalue weighted by molar-refractivity contribution is 7.14. The number of hydrogen-bond donors (Lipinski definition) is 2.